The molecule has 2 rings (SSSR count). The van der Waals surface area contributed by atoms with E-state index >= 15 is 0 Å². The zero-order valence-corrected chi connectivity index (χ0v) is 12.2. The van der Waals surface area contributed by atoms with Crippen molar-refractivity contribution in [2.45, 2.75) is 12.5 Å². The number of anilines is 2. The summed E-state index contributed by atoms with van der Waals surface area (Å²) in [5, 5.41) is 5.61. The van der Waals surface area contributed by atoms with Gasteiger partial charge in [-0.3, -0.25) is 9.59 Å². The average Bonchev–Trinajstić information content (AvgIpc) is 2.45. The summed E-state index contributed by atoms with van der Waals surface area (Å²) in [6.07, 6.45) is -0.227. The molecule has 1 heterocycles. The fourth-order valence-electron chi connectivity index (χ4n) is 1.87. The van der Waals surface area contributed by atoms with Gasteiger partial charge in [0, 0.05) is 19.7 Å². The summed E-state index contributed by atoms with van der Waals surface area (Å²) >= 11 is 6.08. The van der Waals surface area contributed by atoms with E-state index in [0.29, 0.717) is 22.1 Å². The first-order valence-electron chi connectivity index (χ1n) is 6.32. The van der Waals surface area contributed by atoms with Crippen LogP contribution in [0.25, 0.3) is 0 Å². The van der Waals surface area contributed by atoms with E-state index in [2.05, 4.69) is 10.6 Å². The van der Waals surface area contributed by atoms with Crippen molar-refractivity contribution < 1.29 is 19.1 Å². The second-order valence-corrected chi connectivity index (χ2v) is 4.92. The maximum absolute atomic E-state index is 11.9. The molecule has 0 aliphatic carbocycles. The van der Waals surface area contributed by atoms with Crippen LogP contribution in [0.5, 0.6) is 5.75 Å². The molecular formula is C13H16ClN3O4. The molecule has 1 aromatic rings. The molecule has 114 valence electrons. The van der Waals surface area contributed by atoms with Crippen molar-refractivity contribution in [3.8, 4) is 5.75 Å². The fraction of sp³-hybridized carbons (Fsp3) is 0.385. The predicted octanol–water partition coefficient (Wildman–Crippen LogP) is 0.973. The van der Waals surface area contributed by atoms with Crippen LogP contribution < -0.4 is 21.1 Å². The first-order chi connectivity index (χ1) is 10.0. The van der Waals surface area contributed by atoms with E-state index in [1.807, 2.05) is 0 Å². The Bertz CT molecular complexity index is 561. The SMILES string of the molecule is COC(CN)CC(=O)Nc1cc2c(cc1Cl)NC(=O)CO2. The summed E-state index contributed by atoms with van der Waals surface area (Å²) in [4.78, 5) is 23.1. The van der Waals surface area contributed by atoms with Gasteiger partial charge in [-0.15, -0.1) is 0 Å². The number of benzene rings is 1. The van der Waals surface area contributed by atoms with Crippen LogP contribution in [-0.2, 0) is 14.3 Å². The quantitative estimate of drug-likeness (QED) is 0.751. The minimum absolute atomic E-state index is 0.0685. The number of carbonyl (C=O) groups is 2. The Morgan fingerprint density at radius 3 is 3.05 bits per heavy atom. The number of amides is 2. The molecule has 0 fully saturated rings. The van der Waals surface area contributed by atoms with Crippen molar-refractivity contribution in [1.29, 1.82) is 0 Å². The molecule has 0 saturated carbocycles. The third-order valence-corrected chi connectivity index (χ3v) is 3.30. The number of rotatable bonds is 5. The highest BCUT2D eigenvalue weighted by atomic mass is 35.5. The fourth-order valence-corrected chi connectivity index (χ4v) is 2.08. The second-order valence-electron chi connectivity index (χ2n) is 4.51. The number of fused-ring (bicyclic) bond motifs is 1. The zero-order chi connectivity index (χ0) is 15.4. The molecule has 0 aromatic heterocycles. The Balaban J connectivity index is 2.10. The van der Waals surface area contributed by atoms with Crippen LogP contribution in [0.15, 0.2) is 12.1 Å². The summed E-state index contributed by atoms with van der Waals surface area (Å²) in [5.41, 5.74) is 6.35. The van der Waals surface area contributed by atoms with Crippen LogP contribution in [0, 0.1) is 0 Å². The lowest BCUT2D eigenvalue weighted by Crippen LogP contribution is -2.28. The Kier molecular flexibility index (Phi) is 5.00. The summed E-state index contributed by atoms with van der Waals surface area (Å²) in [6, 6.07) is 3.10. The van der Waals surface area contributed by atoms with E-state index in [9.17, 15) is 9.59 Å². The summed E-state index contributed by atoms with van der Waals surface area (Å²) in [6.45, 7) is 0.178. The first-order valence-corrected chi connectivity index (χ1v) is 6.70. The predicted molar refractivity (Wildman–Crippen MR) is 78.7 cm³/mol. The number of hydrogen-bond donors (Lipinski definition) is 3. The monoisotopic (exact) mass is 313 g/mol. The van der Waals surface area contributed by atoms with Crippen LogP contribution >= 0.6 is 11.6 Å². The molecule has 1 aliphatic heterocycles. The van der Waals surface area contributed by atoms with Gasteiger partial charge in [0.05, 0.1) is 28.9 Å². The van der Waals surface area contributed by atoms with Gasteiger partial charge >= 0.3 is 0 Å². The molecule has 1 atom stereocenters. The Hall–Kier alpha value is -1.83. The molecule has 0 radical (unpaired) electrons. The highest BCUT2D eigenvalue weighted by Gasteiger charge is 2.19. The van der Waals surface area contributed by atoms with E-state index in [-0.39, 0.29) is 37.5 Å². The first kappa shape index (κ1) is 15.6. The number of carbonyl (C=O) groups excluding carboxylic acids is 2. The van der Waals surface area contributed by atoms with Crippen LogP contribution in [0.3, 0.4) is 0 Å². The number of nitrogens with one attached hydrogen (secondary N) is 2. The van der Waals surface area contributed by atoms with Crippen LogP contribution in [-0.4, -0.2) is 38.2 Å². The number of nitrogens with two attached hydrogens (primary N) is 1. The van der Waals surface area contributed by atoms with E-state index in [4.69, 9.17) is 26.8 Å². The van der Waals surface area contributed by atoms with Crippen molar-refractivity contribution in [3.05, 3.63) is 17.2 Å². The summed E-state index contributed by atoms with van der Waals surface area (Å²) in [7, 11) is 1.49. The van der Waals surface area contributed by atoms with E-state index in [1.165, 1.54) is 13.2 Å². The molecule has 8 heteroatoms. The summed E-state index contributed by atoms with van der Waals surface area (Å²) < 4.78 is 10.3. The zero-order valence-electron chi connectivity index (χ0n) is 11.4. The van der Waals surface area contributed by atoms with Gasteiger partial charge in [0.2, 0.25) is 5.91 Å². The molecule has 1 aromatic carbocycles. The van der Waals surface area contributed by atoms with Crippen molar-refractivity contribution in [2.75, 3.05) is 30.9 Å². The lowest BCUT2D eigenvalue weighted by Gasteiger charge is -2.20. The average molecular weight is 314 g/mol. The van der Waals surface area contributed by atoms with Crippen LogP contribution in [0.4, 0.5) is 11.4 Å². The lowest BCUT2D eigenvalue weighted by atomic mass is 10.2. The van der Waals surface area contributed by atoms with Crippen LogP contribution in [0.1, 0.15) is 6.42 Å². The third kappa shape index (κ3) is 3.84. The Morgan fingerprint density at radius 2 is 2.38 bits per heavy atom. The molecule has 1 unspecified atom stereocenters. The number of hydrogen-bond acceptors (Lipinski definition) is 5. The molecular weight excluding hydrogens is 298 g/mol. The highest BCUT2D eigenvalue weighted by molar-refractivity contribution is 6.34. The van der Waals surface area contributed by atoms with Crippen molar-refractivity contribution >= 4 is 34.8 Å². The minimum Gasteiger partial charge on any atom is -0.482 e. The van der Waals surface area contributed by atoms with Gasteiger partial charge in [-0.05, 0) is 6.07 Å². The summed E-state index contributed by atoms with van der Waals surface area (Å²) in [5.74, 6) is -0.0633. The molecule has 0 saturated heterocycles. The van der Waals surface area contributed by atoms with E-state index in [0.717, 1.165) is 0 Å². The van der Waals surface area contributed by atoms with E-state index in [1.54, 1.807) is 6.07 Å². The second kappa shape index (κ2) is 6.75. The van der Waals surface area contributed by atoms with Crippen molar-refractivity contribution in [3.63, 3.8) is 0 Å². The van der Waals surface area contributed by atoms with Gasteiger partial charge in [0.25, 0.3) is 5.91 Å². The Morgan fingerprint density at radius 1 is 1.62 bits per heavy atom. The number of ether oxygens (including phenoxy) is 2. The molecule has 0 spiro atoms. The van der Waals surface area contributed by atoms with Gasteiger partial charge in [-0.1, -0.05) is 11.6 Å². The van der Waals surface area contributed by atoms with Gasteiger partial charge in [0.15, 0.2) is 6.61 Å². The largest absolute Gasteiger partial charge is 0.482 e. The lowest BCUT2D eigenvalue weighted by molar-refractivity contribution is -0.119. The minimum atomic E-state index is -0.350. The standard InChI is InChI=1S/C13H16ClN3O4/c1-20-7(5-15)2-12(18)16-9-4-11-10(3-8(9)14)17-13(19)6-21-11/h3-4,7H,2,5-6,15H2,1H3,(H,16,18)(H,17,19). The normalized spacial score (nSPS) is 14.7. The Labute approximate surface area is 126 Å². The van der Waals surface area contributed by atoms with Crippen LogP contribution in [0.2, 0.25) is 5.02 Å². The van der Waals surface area contributed by atoms with Gasteiger partial charge in [-0.2, -0.15) is 0 Å². The highest BCUT2D eigenvalue weighted by Crippen LogP contribution is 2.36. The maximum atomic E-state index is 11.9. The van der Waals surface area contributed by atoms with Gasteiger partial charge in [0.1, 0.15) is 5.75 Å². The molecule has 4 N–H and O–H groups in total. The molecule has 1 aliphatic rings. The topological polar surface area (TPSA) is 103 Å². The van der Waals surface area contributed by atoms with Crippen molar-refractivity contribution in [2.24, 2.45) is 5.73 Å². The molecule has 0 bridgehead atoms. The van der Waals surface area contributed by atoms with E-state index < -0.39 is 0 Å². The smallest absolute Gasteiger partial charge is 0.262 e. The molecule has 2 amide bonds. The number of methoxy groups -OCH3 is 1. The molecule has 7 nitrogen and oxygen atoms in total. The van der Waals surface area contributed by atoms with Gasteiger partial charge in [-0.25, -0.2) is 0 Å². The van der Waals surface area contributed by atoms with Crippen molar-refractivity contribution in [1.82, 2.24) is 0 Å². The third-order valence-electron chi connectivity index (χ3n) is 2.99. The van der Waals surface area contributed by atoms with Gasteiger partial charge < -0.3 is 25.8 Å². The molecule has 21 heavy (non-hydrogen) atoms. The number of halogens is 1. The maximum Gasteiger partial charge on any atom is 0.262 e.